The molecule has 0 fully saturated rings. The van der Waals surface area contributed by atoms with Gasteiger partial charge in [0, 0.05) is 24.2 Å². The lowest BCUT2D eigenvalue weighted by Gasteiger charge is -2.18. The Labute approximate surface area is 117 Å². The summed E-state index contributed by atoms with van der Waals surface area (Å²) in [6.07, 6.45) is 4.14. The van der Waals surface area contributed by atoms with E-state index in [1.54, 1.807) is 18.6 Å². The maximum Gasteiger partial charge on any atom is 0.127 e. The second-order valence-corrected chi connectivity index (χ2v) is 4.77. The second-order valence-electron chi connectivity index (χ2n) is 4.77. The van der Waals surface area contributed by atoms with Crippen LogP contribution in [0.1, 0.15) is 22.7 Å². The third-order valence-corrected chi connectivity index (χ3v) is 3.46. The lowest BCUT2D eigenvalue weighted by molar-refractivity contribution is 0.594. The molecule has 1 atom stereocenters. The van der Waals surface area contributed by atoms with Gasteiger partial charge in [-0.3, -0.25) is 0 Å². The molecule has 2 aromatic carbocycles. The highest BCUT2D eigenvalue weighted by Gasteiger charge is 2.18. The molecule has 100 valence electrons. The standard InChI is InChI=1S/C17H15FN2/c18-17-9-5-4-8-15(17)16(10-14-11-19-12-20-14)13-6-2-1-3-7-13/h1-9,11-12,16H,10H2,(H,19,20). The van der Waals surface area contributed by atoms with Crippen LogP contribution in [0.4, 0.5) is 4.39 Å². The van der Waals surface area contributed by atoms with E-state index in [0.717, 1.165) is 11.3 Å². The topological polar surface area (TPSA) is 28.7 Å². The van der Waals surface area contributed by atoms with Crippen molar-refractivity contribution in [1.82, 2.24) is 9.97 Å². The number of rotatable bonds is 4. The number of H-pyrrole nitrogens is 1. The highest BCUT2D eigenvalue weighted by molar-refractivity contribution is 5.34. The Morgan fingerprint density at radius 1 is 1.00 bits per heavy atom. The van der Waals surface area contributed by atoms with Crippen molar-refractivity contribution < 1.29 is 4.39 Å². The van der Waals surface area contributed by atoms with Crippen LogP contribution >= 0.6 is 0 Å². The minimum Gasteiger partial charge on any atom is -0.348 e. The summed E-state index contributed by atoms with van der Waals surface area (Å²) in [6.45, 7) is 0. The summed E-state index contributed by atoms with van der Waals surface area (Å²) < 4.78 is 14.1. The molecule has 1 unspecified atom stereocenters. The first-order valence-electron chi connectivity index (χ1n) is 6.61. The first-order valence-corrected chi connectivity index (χ1v) is 6.61. The summed E-state index contributed by atoms with van der Waals surface area (Å²) in [4.78, 5) is 7.13. The monoisotopic (exact) mass is 266 g/mol. The predicted octanol–water partition coefficient (Wildman–Crippen LogP) is 3.92. The summed E-state index contributed by atoms with van der Waals surface area (Å²) in [5.74, 6) is -0.182. The highest BCUT2D eigenvalue weighted by atomic mass is 19.1. The fourth-order valence-electron chi connectivity index (χ4n) is 2.47. The quantitative estimate of drug-likeness (QED) is 0.761. The molecule has 0 saturated heterocycles. The van der Waals surface area contributed by atoms with Crippen molar-refractivity contribution in [2.75, 3.05) is 0 Å². The van der Waals surface area contributed by atoms with E-state index in [1.165, 1.54) is 6.07 Å². The predicted molar refractivity (Wildman–Crippen MR) is 77.0 cm³/mol. The van der Waals surface area contributed by atoms with Crippen LogP contribution in [0.25, 0.3) is 0 Å². The van der Waals surface area contributed by atoms with Crippen molar-refractivity contribution in [3.63, 3.8) is 0 Å². The molecule has 1 heterocycles. The summed E-state index contributed by atoms with van der Waals surface area (Å²) in [5, 5.41) is 0. The molecular formula is C17H15FN2. The molecule has 3 rings (SSSR count). The number of imidazole rings is 1. The van der Waals surface area contributed by atoms with Gasteiger partial charge in [-0.2, -0.15) is 0 Å². The first kappa shape index (κ1) is 12.6. The lowest BCUT2D eigenvalue weighted by atomic mass is 9.87. The van der Waals surface area contributed by atoms with Crippen LogP contribution in [-0.4, -0.2) is 9.97 Å². The fourth-order valence-corrected chi connectivity index (χ4v) is 2.47. The van der Waals surface area contributed by atoms with Crippen LogP contribution in [0.15, 0.2) is 67.1 Å². The molecular weight excluding hydrogens is 251 g/mol. The SMILES string of the molecule is Fc1ccccc1C(Cc1cnc[nH]1)c1ccccc1. The lowest BCUT2D eigenvalue weighted by Crippen LogP contribution is -2.07. The van der Waals surface area contributed by atoms with Gasteiger partial charge in [0.1, 0.15) is 5.82 Å². The average Bonchev–Trinajstić information content (AvgIpc) is 3.00. The van der Waals surface area contributed by atoms with Crippen molar-refractivity contribution >= 4 is 0 Å². The molecule has 0 amide bonds. The van der Waals surface area contributed by atoms with E-state index >= 15 is 0 Å². The Morgan fingerprint density at radius 3 is 2.45 bits per heavy atom. The maximum absolute atomic E-state index is 14.1. The zero-order valence-electron chi connectivity index (χ0n) is 11.0. The number of hydrogen-bond donors (Lipinski definition) is 1. The smallest absolute Gasteiger partial charge is 0.127 e. The van der Waals surface area contributed by atoms with Crippen LogP contribution in [-0.2, 0) is 6.42 Å². The van der Waals surface area contributed by atoms with Gasteiger partial charge in [-0.25, -0.2) is 9.37 Å². The van der Waals surface area contributed by atoms with E-state index in [-0.39, 0.29) is 11.7 Å². The van der Waals surface area contributed by atoms with E-state index in [0.29, 0.717) is 12.0 Å². The number of aromatic nitrogens is 2. The van der Waals surface area contributed by atoms with Gasteiger partial charge >= 0.3 is 0 Å². The van der Waals surface area contributed by atoms with Gasteiger partial charge in [-0.05, 0) is 17.2 Å². The molecule has 3 heteroatoms. The van der Waals surface area contributed by atoms with Crippen molar-refractivity contribution in [1.29, 1.82) is 0 Å². The number of halogens is 1. The van der Waals surface area contributed by atoms with Gasteiger partial charge in [-0.1, -0.05) is 48.5 Å². The van der Waals surface area contributed by atoms with E-state index in [2.05, 4.69) is 9.97 Å². The Morgan fingerprint density at radius 2 is 1.75 bits per heavy atom. The molecule has 20 heavy (non-hydrogen) atoms. The first-order chi connectivity index (χ1) is 9.84. The van der Waals surface area contributed by atoms with E-state index in [1.807, 2.05) is 42.5 Å². The van der Waals surface area contributed by atoms with Crippen LogP contribution in [0.3, 0.4) is 0 Å². The van der Waals surface area contributed by atoms with Crippen LogP contribution in [0, 0.1) is 5.82 Å². The van der Waals surface area contributed by atoms with Crippen molar-refractivity contribution in [3.05, 3.63) is 89.8 Å². The Bertz CT molecular complexity index is 662. The molecule has 2 nitrogen and oxygen atoms in total. The van der Waals surface area contributed by atoms with Gasteiger partial charge < -0.3 is 4.98 Å². The van der Waals surface area contributed by atoms with Gasteiger partial charge in [-0.15, -0.1) is 0 Å². The number of nitrogens with zero attached hydrogens (tertiary/aromatic N) is 1. The minimum atomic E-state index is -0.166. The van der Waals surface area contributed by atoms with Crippen molar-refractivity contribution in [2.45, 2.75) is 12.3 Å². The van der Waals surface area contributed by atoms with Crippen LogP contribution in [0.2, 0.25) is 0 Å². The highest BCUT2D eigenvalue weighted by Crippen LogP contribution is 2.29. The number of hydrogen-bond acceptors (Lipinski definition) is 1. The largest absolute Gasteiger partial charge is 0.348 e. The van der Waals surface area contributed by atoms with Gasteiger partial charge in [0.2, 0.25) is 0 Å². The van der Waals surface area contributed by atoms with Crippen molar-refractivity contribution in [2.24, 2.45) is 0 Å². The van der Waals surface area contributed by atoms with Crippen LogP contribution in [0.5, 0.6) is 0 Å². The Hall–Kier alpha value is -2.42. The van der Waals surface area contributed by atoms with Crippen molar-refractivity contribution in [3.8, 4) is 0 Å². The number of aromatic amines is 1. The molecule has 3 aromatic rings. The minimum absolute atomic E-state index is 0.0159. The molecule has 0 aliphatic rings. The molecule has 0 aliphatic heterocycles. The van der Waals surface area contributed by atoms with E-state index in [9.17, 15) is 4.39 Å². The summed E-state index contributed by atoms with van der Waals surface area (Å²) in [7, 11) is 0. The van der Waals surface area contributed by atoms with E-state index in [4.69, 9.17) is 0 Å². The summed E-state index contributed by atoms with van der Waals surface area (Å²) in [6, 6.07) is 17.0. The molecule has 0 bridgehead atoms. The number of nitrogens with one attached hydrogen (secondary N) is 1. The fraction of sp³-hybridized carbons (Fsp3) is 0.118. The molecule has 1 N–H and O–H groups in total. The molecule has 0 aliphatic carbocycles. The molecule has 0 radical (unpaired) electrons. The Balaban J connectivity index is 2.02. The third-order valence-electron chi connectivity index (χ3n) is 3.46. The van der Waals surface area contributed by atoms with Crippen LogP contribution < -0.4 is 0 Å². The normalized spacial score (nSPS) is 12.2. The molecule has 0 spiro atoms. The Kier molecular flexibility index (Phi) is 3.59. The zero-order valence-corrected chi connectivity index (χ0v) is 11.0. The summed E-state index contributed by atoms with van der Waals surface area (Å²) in [5.41, 5.74) is 2.82. The van der Waals surface area contributed by atoms with Gasteiger partial charge in [0.25, 0.3) is 0 Å². The van der Waals surface area contributed by atoms with E-state index < -0.39 is 0 Å². The van der Waals surface area contributed by atoms with Gasteiger partial charge in [0.05, 0.1) is 6.33 Å². The zero-order chi connectivity index (χ0) is 13.8. The third kappa shape index (κ3) is 2.62. The van der Waals surface area contributed by atoms with Gasteiger partial charge in [0.15, 0.2) is 0 Å². The second kappa shape index (κ2) is 5.70. The molecule has 0 saturated carbocycles. The maximum atomic E-state index is 14.1. The average molecular weight is 266 g/mol. The number of benzene rings is 2. The molecule has 1 aromatic heterocycles. The summed E-state index contributed by atoms with van der Waals surface area (Å²) >= 11 is 0.